The standard InChI is InChI=1S/C48H39ClN4O8S/c1-24-33-19-27(49)12-17-38(33)62-42(24)36-22-39(51(3)50-36)53-44(56)35-21-34-30(15-16-32-40(34)45(57)52(43(32)55)28-11-7-10-26(18-28)46(58)59)41(48(35,2)47(53)60)31-14-13-29(20-37(31)54)61-23-25-8-5-4-6-9-25/h4-15,17-20,22,32,34-35,40-41,54H,16,21,23H2,1-3H3,(H,58,59)/t32-,34+,35-,40-,41+,48+/m0/s1. The first kappa shape index (κ1) is 39.6. The monoisotopic (exact) mass is 866 g/mol. The summed E-state index contributed by atoms with van der Waals surface area (Å²) >= 11 is 7.87. The predicted octanol–water partition coefficient (Wildman–Crippen LogP) is 8.68. The van der Waals surface area contributed by atoms with Gasteiger partial charge in [-0.2, -0.15) is 5.10 Å². The lowest BCUT2D eigenvalue weighted by Crippen LogP contribution is -2.49. The number of aryl methyl sites for hydroxylation is 2. The van der Waals surface area contributed by atoms with Gasteiger partial charge in [-0.25, -0.2) is 9.69 Å². The number of phenolic OH excluding ortho intramolecular Hbond substituents is 1. The Morgan fingerprint density at radius 2 is 1.71 bits per heavy atom. The molecule has 2 aliphatic heterocycles. The molecule has 0 bridgehead atoms. The van der Waals surface area contributed by atoms with Crippen molar-refractivity contribution in [1.29, 1.82) is 0 Å². The molecular weight excluding hydrogens is 828 g/mol. The van der Waals surface area contributed by atoms with Crippen LogP contribution >= 0.6 is 22.9 Å². The number of fused-ring (bicyclic) bond motifs is 5. The molecule has 2 saturated heterocycles. The first-order valence-corrected chi connectivity index (χ1v) is 21.5. The second-order valence-corrected chi connectivity index (χ2v) is 18.2. The average Bonchev–Trinajstić information content (AvgIpc) is 3.93. The minimum Gasteiger partial charge on any atom is -0.508 e. The number of hydrogen-bond donors (Lipinski definition) is 2. The second-order valence-electron chi connectivity index (χ2n) is 16.7. The number of benzene rings is 4. The van der Waals surface area contributed by atoms with Crippen LogP contribution in [0.5, 0.6) is 11.5 Å². The summed E-state index contributed by atoms with van der Waals surface area (Å²) in [6.07, 6.45) is 2.16. The van der Waals surface area contributed by atoms with E-state index >= 15 is 9.59 Å². The number of anilines is 2. The zero-order valence-electron chi connectivity index (χ0n) is 33.7. The number of aromatic hydroxyl groups is 1. The summed E-state index contributed by atoms with van der Waals surface area (Å²) in [5, 5.41) is 28.0. The Morgan fingerprint density at radius 3 is 2.47 bits per heavy atom. The van der Waals surface area contributed by atoms with Crippen LogP contribution in [-0.4, -0.2) is 49.6 Å². The number of carboxylic acid groups (broad SMARTS) is 1. The van der Waals surface area contributed by atoms with E-state index in [2.05, 4.69) is 0 Å². The van der Waals surface area contributed by atoms with Crippen molar-refractivity contribution in [2.24, 2.45) is 36.1 Å². The molecule has 4 aliphatic rings. The van der Waals surface area contributed by atoms with Crippen molar-refractivity contribution in [1.82, 2.24) is 9.78 Å². The van der Waals surface area contributed by atoms with E-state index in [4.69, 9.17) is 21.4 Å². The molecule has 6 aromatic rings. The number of rotatable bonds is 8. The minimum atomic E-state index is -1.44. The Hall–Kier alpha value is -6.57. The number of aromatic carboxylic acids is 1. The summed E-state index contributed by atoms with van der Waals surface area (Å²) in [6.45, 7) is 4.00. The molecule has 3 fully saturated rings. The van der Waals surface area contributed by atoms with Crippen LogP contribution in [0.25, 0.3) is 20.7 Å². The second kappa shape index (κ2) is 14.5. The number of carboxylic acids is 1. The first-order chi connectivity index (χ1) is 29.8. The van der Waals surface area contributed by atoms with Crippen molar-refractivity contribution in [3.8, 4) is 22.1 Å². The SMILES string of the molecule is Cc1c(-c2cc(N3C(=O)[C@@H]4C[C@@H]5C(=CC[C@@H]6C(=O)N(c7cccc(C(=O)O)c7)C(=O)[C@@H]65)[C@H](c5ccc(OCc6ccccc6)cc5O)[C@]4(C)C3=O)n(C)n2)sc2ccc(Cl)cc12. The molecule has 6 atom stereocenters. The third kappa shape index (κ3) is 5.93. The normalized spacial score (nSPS) is 24.3. The number of phenols is 1. The summed E-state index contributed by atoms with van der Waals surface area (Å²) < 4.78 is 8.59. The molecule has 0 unspecified atom stereocenters. The van der Waals surface area contributed by atoms with Gasteiger partial charge in [-0.3, -0.25) is 28.8 Å². The van der Waals surface area contributed by atoms with Crippen molar-refractivity contribution >= 4 is 74.1 Å². The molecule has 12 nitrogen and oxygen atoms in total. The lowest BCUT2D eigenvalue weighted by molar-refractivity contribution is -0.131. The average molecular weight is 867 g/mol. The van der Waals surface area contributed by atoms with E-state index in [-0.39, 0.29) is 42.3 Å². The number of carbonyl (C=O) groups excluding carboxylic acids is 4. The number of halogens is 1. The van der Waals surface area contributed by atoms with Gasteiger partial charge in [-0.1, -0.05) is 65.7 Å². The highest BCUT2D eigenvalue weighted by atomic mass is 35.5. The number of allylic oxidation sites excluding steroid dienone is 2. The summed E-state index contributed by atoms with van der Waals surface area (Å²) in [5.74, 6) is -6.76. The molecule has 4 amide bonds. The van der Waals surface area contributed by atoms with E-state index in [1.807, 2.05) is 61.5 Å². The van der Waals surface area contributed by atoms with Gasteiger partial charge < -0.3 is 14.9 Å². The molecule has 4 aromatic carbocycles. The zero-order valence-corrected chi connectivity index (χ0v) is 35.3. The maximum absolute atomic E-state index is 15.3. The molecule has 0 radical (unpaired) electrons. The van der Waals surface area contributed by atoms with Gasteiger partial charge in [-0.05, 0) is 91.6 Å². The Kier molecular flexibility index (Phi) is 9.27. The van der Waals surface area contributed by atoms with Crippen LogP contribution in [0.15, 0.2) is 109 Å². The van der Waals surface area contributed by atoms with Gasteiger partial charge in [0.15, 0.2) is 0 Å². The molecule has 2 N–H and O–H groups in total. The largest absolute Gasteiger partial charge is 0.508 e. The van der Waals surface area contributed by atoms with Gasteiger partial charge >= 0.3 is 5.97 Å². The highest BCUT2D eigenvalue weighted by Gasteiger charge is 2.68. The Bertz CT molecular complexity index is 2960. The highest BCUT2D eigenvalue weighted by molar-refractivity contribution is 7.22. The number of ether oxygens (including phenoxy) is 1. The maximum atomic E-state index is 15.3. The maximum Gasteiger partial charge on any atom is 0.335 e. The van der Waals surface area contributed by atoms with Crippen molar-refractivity contribution in [2.45, 2.75) is 39.2 Å². The number of carbonyl (C=O) groups is 5. The van der Waals surface area contributed by atoms with Crippen LogP contribution in [0.1, 0.15) is 52.7 Å². The molecule has 2 aliphatic carbocycles. The highest BCUT2D eigenvalue weighted by Crippen LogP contribution is 2.64. The van der Waals surface area contributed by atoms with E-state index in [9.17, 15) is 24.6 Å². The molecule has 1 saturated carbocycles. The van der Waals surface area contributed by atoms with Gasteiger partial charge in [0, 0.05) is 40.4 Å². The van der Waals surface area contributed by atoms with Gasteiger partial charge in [-0.15, -0.1) is 11.3 Å². The lowest BCUT2D eigenvalue weighted by atomic mass is 9.51. The minimum absolute atomic E-state index is 0.0719. The van der Waals surface area contributed by atoms with Gasteiger partial charge in [0.2, 0.25) is 23.6 Å². The van der Waals surface area contributed by atoms with E-state index < -0.39 is 64.6 Å². The first-order valence-electron chi connectivity index (χ1n) is 20.3. The van der Waals surface area contributed by atoms with E-state index in [0.717, 1.165) is 31.0 Å². The molecular formula is C48H39ClN4O8S. The zero-order chi connectivity index (χ0) is 43.4. The van der Waals surface area contributed by atoms with Crippen LogP contribution < -0.4 is 14.5 Å². The molecule has 14 heteroatoms. The van der Waals surface area contributed by atoms with Gasteiger partial charge in [0.05, 0.1) is 39.3 Å². The molecule has 312 valence electrons. The van der Waals surface area contributed by atoms with Gasteiger partial charge in [0.25, 0.3) is 0 Å². The van der Waals surface area contributed by atoms with E-state index in [1.165, 1.54) is 51.3 Å². The topological polar surface area (TPSA) is 159 Å². The van der Waals surface area contributed by atoms with Crippen molar-refractivity contribution in [3.63, 3.8) is 0 Å². The quantitative estimate of drug-likeness (QED) is 0.113. The Labute approximate surface area is 364 Å². The number of imide groups is 2. The van der Waals surface area contributed by atoms with Crippen LogP contribution in [0, 0.1) is 36.0 Å². The number of thiophene rings is 1. The fourth-order valence-electron chi connectivity index (χ4n) is 10.4. The smallest absolute Gasteiger partial charge is 0.335 e. The third-order valence-electron chi connectivity index (χ3n) is 13.4. The van der Waals surface area contributed by atoms with Crippen molar-refractivity contribution < 1.29 is 38.9 Å². The Morgan fingerprint density at radius 1 is 0.919 bits per heavy atom. The van der Waals surface area contributed by atoms with Crippen LogP contribution in [0.4, 0.5) is 11.5 Å². The molecule has 0 spiro atoms. The van der Waals surface area contributed by atoms with Crippen LogP contribution in [0.3, 0.4) is 0 Å². The fraction of sp³-hybridized carbons (Fsp3) is 0.250. The van der Waals surface area contributed by atoms with Gasteiger partial charge in [0.1, 0.15) is 29.6 Å². The summed E-state index contributed by atoms with van der Waals surface area (Å²) in [6, 6.07) is 27.7. The number of aromatic nitrogens is 2. The summed E-state index contributed by atoms with van der Waals surface area (Å²) in [4.78, 5) is 74.1. The molecule has 62 heavy (non-hydrogen) atoms. The molecule has 2 aromatic heterocycles. The van der Waals surface area contributed by atoms with E-state index in [1.54, 1.807) is 32.2 Å². The number of hydrogen-bond acceptors (Lipinski definition) is 9. The number of amides is 4. The third-order valence-corrected chi connectivity index (χ3v) is 14.9. The Balaban J connectivity index is 1.06. The van der Waals surface area contributed by atoms with E-state index in [0.29, 0.717) is 27.6 Å². The summed E-state index contributed by atoms with van der Waals surface area (Å²) in [7, 11) is 1.68. The van der Waals surface area contributed by atoms with Crippen molar-refractivity contribution in [3.05, 3.63) is 136 Å². The molecule has 4 heterocycles. The van der Waals surface area contributed by atoms with Crippen LogP contribution in [0.2, 0.25) is 5.02 Å². The number of nitrogens with zero attached hydrogens (tertiary/aromatic N) is 4. The lowest BCUT2D eigenvalue weighted by Gasteiger charge is -2.49. The van der Waals surface area contributed by atoms with Crippen LogP contribution in [-0.2, 0) is 32.8 Å². The van der Waals surface area contributed by atoms with Crippen molar-refractivity contribution in [2.75, 3.05) is 9.80 Å². The molecule has 10 rings (SSSR count). The predicted molar refractivity (Wildman–Crippen MR) is 233 cm³/mol. The summed E-state index contributed by atoms with van der Waals surface area (Å²) in [5.41, 5.74) is 2.20. The fourth-order valence-corrected chi connectivity index (χ4v) is 11.7.